The number of alkyl halides is 2. The number of ether oxygens (including phenoxy) is 1. The lowest BCUT2D eigenvalue weighted by Crippen LogP contribution is -2.53. The van der Waals surface area contributed by atoms with Crippen molar-refractivity contribution in [3.05, 3.63) is 77.4 Å². The number of piperazine rings is 1. The van der Waals surface area contributed by atoms with Crippen LogP contribution >= 0.6 is 0 Å². The number of rotatable bonds is 6. The number of halogens is 2. The van der Waals surface area contributed by atoms with Gasteiger partial charge in [-0.05, 0) is 64.4 Å². The molecule has 6 nitrogen and oxygen atoms in total. The summed E-state index contributed by atoms with van der Waals surface area (Å²) in [4.78, 5) is 14.4. The predicted molar refractivity (Wildman–Crippen MR) is 147 cm³/mol. The summed E-state index contributed by atoms with van der Waals surface area (Å²) in [7, 11) is 0. The summed E-state index contributed by atoms with van der Waals surface area (Å²) in [6, 6.07) is 13.2. The number of nitrogens with zero attached hydrogens (tertiary/aromatic N) is 5. The van der Waals surface area contributed by atoms with Crippen LogP contribution in [0.2, 0.25) is 0 Å². The van der Waals surface area contributed by atoms with Crippen LogP contribution in [0.3, 0.4) is 0 Å². The quantitative estimate of drug-likeness (QED) is 0.307. The molecule has 0 amide bonds. The smallest absolute Gasteiger partial charge is 0.387 e. The number of hydrogen-bond donors (Lipinski definition) is 0. The molecule has 0 unspecified atom stereocenters. The highest BCUT2D eigenvalue weighted by molar-refractivity contribution is 5.69. The van der Waals surface area contributed by atoms with E-state index in [0.29, 0.717) is 12.0 Å². The maximum atomic E-state index is 13.0. The zero-order chi connectivity index (χ0) is 27.0. The minimum Gasteiger partial charge on any atom is -0.435 e. The van der Waals surface area contributed by atoms with Gasteiger partial charge in [0.25, 0.3) is 0 Å². The van der Waals surface area contributed by atoms with Gasteiger partial charge in [0.1, 0.15) is 17.2 Å². The first-order valence-electron chi connectivity index (χ1n) is 13.1. The number of aromatic nitrogens is 3. The Hall–Kier alpha value is -3.52. The third kappa shape index (κ3) is 5.36. The summed E-state index contributed by atoms with van der Waals surface area (Å²) in [6.07, 6.45) is 4.44. The molecular formula is C30H35F2N5O. The fraction of sp³-hybridized carbons (Fsp3) is 0.400. The van der Waals surface area contributed by atoms with Crippen LogP contribution in [0.5, 0.6) is 5.75 Å². The van der Waals surface area contributed by atoms with Crippen LogP contribution in [-0.4, -0.2) is 57.6 Å². The van der Waals surface area contributed by atoms with E-state index < -0.39 is 6.61 Å². The van der Waals surface area contributed by atoms with E-state index in [9.17, 15) is 8.78 Å². The van der Waals surface area contributed by atoms with Crippen molar-refractivity contribution in [2.45, 2.75) is 53.2 Å². The van der Waals surface area contributed by atoms with Gasteiger partial charge in [0.05, 0.1) is 5.69 Å². The SMILES string of the molecule is Cc1cc2nc(C)c(Cc3ccccc3OC(F)F)n2cc1-c1ccc(N2CCN(C(C)(C)C)CC2)nc1. The second-order valence-corrected chi connectivity index (χ2v) is 11.0. The molecule has 1 aromatic carbocycles. The number of benzene rings is 1. The summed E-state index contributed by atoms with van der Waals surface area (Å²) in [5.41, 5.74) is 6.69. The van der Waals surface area contributed by atoms with E-state index in [0.717, 1.165) is 65.7 Å². The van der Waals surface area contributed by atoms with Crippen molar-refractivity contribution in [3.8, 4) is 16.9 Å². The van der Waals surface area contributed by atoms with Crippen LogP contribution in [0.1, 0.15) is 43.3 Å². The molecule has 0 spiro atoms. The van der Waals surface area contributed by atoms with Gasteiger partial charge in [-0.3, -0.25) is 4.90 Å². The van der Waals surface area contributed by atoms with Crippen LogP contribution in [0.4, 0.5) is 14.6 Å². The average molecular weight is 520 g/mol. The van der Waals surface area contributed by atoms with E-state index in [-0.39, 0.29) is 11.3 Å². The summed E-state index contributed by atoms with van der Waals surface area (Å²) in [5, 5.41) is 0. The third-order valence-electron chi connectivity index (χ3n) is 7.42. The number of aryl methyl sites for hydroxylation is 2. The van der Waals surface area contributed by atoms with Crippen molar-refractivity contribution in [2.75, 3.05) is 31.1 Å². The molecule has 8 heteroatoms. The highest BCUT2D eigenvalue weighted by atomic mass is 19.3. The lowest BCUT2D eigenvalue weighted by atomic mass is 10.0. The minimum atomic E-state index is -2.87. The summed E-state index contributed by atoms with van der Waals surface area (Å²) in [6.45, 7) is 11.9. The molecule has 1 aliphatic heterocycles. The zero-order valence-corrected chi connectivity index (χ0v) is 22.7. The monoisotopic (exact) mass is 519 g/mol. The Balaban J connectivity index is 1.42. The van der Waals surface area contributed by atoms with E-state index in [1.807, 2.05) is 25.3 Å². The summed E-state index contributed by atoms with van der Waals surface area (Å²) < 4.78 is 32.7. The number of para-hydroxylation sites is 1. The number of pyridine rings is 2. The second kappa shape index (κ2) is 10.3. The number of fused-ring (bicyclic) bond motifs is 1. The molecule has 0 atom stereocenters. The van der Waals surface area contributed by atoms with Gasteiger partial charge in [-0.1, -0.05) is 18.2 Å². The van der Waals surface area contributed by atoms with Crippen molar-refractivity contribution >= 4 is 11.5 Å². The molecule has 200 valence electrons. The second-order valence-electron chi connectivity index (χ2n) is 11.0. The predicted octanol–water partition coefficient (Wildman–Crippen LogP) is 6.13. The van der Waals surface area contributed by atoms with E-state index in [2.05, 4.69) is 66.3 Å². The van der Waals surface area contributed by atoms with Crippen molar-refractivity contribution < 1.29 is 13.5 Å². The molecular weight excluding hydrogens is 484 g/mol. The molecule has 0 N–H and O–H groups in total. The van der Waals surface area contributed by atoms with E-state index in [4.69, 9.17) is 14.7 Å². The molecule has 4 heterocycles. The summed E-state index contributed by atoms with van der Waals surface area (Å²) >= 11 is 0. The number of hydrogen-bond acceptors (Lipinski definition) is 5. The van der Waals surface area contributed by atoms with Gasteiger partial charge in [-0.2, -0.15) is 8.78 Å². The van der Waals surface area contributed by atoms with Crippen molar-refractivity contribution in [2.24, 2.45) is 0 Å². The van der Waals surface area contributed by atoms with E-state index in [1.54, 1.807) is 12.1 Å². The fourth-order valence-electron chi connectivity index (χ4n) is 5.25. The largest absolute Gasteiger partial charge is 0.435 e. The van der Waals surface area contributed by atoms with Gasteiger partial charge in [0.15, 0.2) is 0 Å². The standard InChI is InChI=1S/C30H35F2N5O/c1-20-16-28-34-21(2)25(17-22-8-6-7-9-26(22)38-29(31)32)37(28)19-24(20)23-10-11-27(33-18-23)35-12-14-36(15-13-35)30(3,4)5/h6-11,16,18-19,29H,12-15,17H2,1-5H3. The Morgan fingerprint density at radius 2 is 1.74 bits per heavy atom. The molecule has 5 rings (SSSR count). The molecule has 1 fully saturated rings. The summed E-state index contributed by atoms with van der Waals surface area (Å²) in [5.74, 6) is 1.18. The lowest BCUT2D eigenvalue weighted by molar-refractivity contribution is -0.0503. The Kier molecular flexibility index (Phi) is 7.09. The Morgan fingerprint density at radius 1 is 1.00 bits per heavy atom. The molecule has 0 saturated carbocycles. The molecule has 1 saturated heterocycles. The first-order chi connectivity index (χ1) is 18.1. The van der Waals surface area contributed by atoms with Crippen LogP contribution in [0.25, 0.3) is 16.8 Å². The molecule has 0 bridgehead atoms. The lowest BCUT2D eigenvalue weighted by Gasteiger charge is -2.42. The maximum Gasteiger partial charge on any atom is 0.387 e. The first-order valence-corrected chi connectivity index (χ1v) is 13.1. The maximum absolute atomic E-state index is 13.0. The van der Waals surface area contributed by atoms with Crippen molar-refractivity contribution in [1.29, 1.82) is 0 Å². The van der Waals surface area contributed by atoms with Crippen LogP contribution in [0, 0.1) is 13.8 Å². The molecule has 0 aliphatic carbocycles. The molecule has 1 aliphatic rings. The fourth-order valence-corrected chi connectivity index (χ4v) is 5.25. The molecule has 4 aromatic rings. The Labute approximate surface area is 222 Å². The van der Waals surface area contributed by atoms with Gasteiger partial charge < -0.3 is 14.0 Å². The van der Waals surface area contributed by atoms with Crippen LogP contribution in [0.15, 0.2) is 54.9 Å². The van der Waals surface area contributed by atoms with E-state index >= 15 is 0 Å². The topological polar surface area (TPSA) is 45.9 Å². The minimum absolute atomic E-state index is 0.183. The van der Waals surface area contributed by atoms with E-state index in [1.165, 1.54) is 0 Å². The first kappa shape index (κ1) is 26.1. The zero-order valence-electron chi connectivity index (χ0n) is 22.7. The highest BCUT2D eigenvalue weighted by Gasteiger charge is 2.26. The van der Waals surface area contributed by atoms with Gasteiger partial charge in [0.2, 0.25) is 0 Å². The average Bonchev–Trinajstić information content (AvgIpc) is 3.17. The van der Waals surface area contributed by atoms with Crippen molar-refractivity contribution in [3.63, 3.8) is 0 Å². The normalized spacial score (nSPS) is 15.0. The van der Waals surface area contributed by atoms with Gasteiger partial charge >= 0.3 is 6.61 Å². The number of anilines is 1. The molecule has 0 radical (unpaired) electrons. The third-order valence-corrected chi connectivity index (χ3v) is 7.42. The molecule has 3 aromatic heterocycles. The van der Waals surface area contributed by atoms with Crippen LogP contribution < -0.4 is 9.64 Å². The van der Waals surface area contributed by atoms with Crippen molar-refractivity contribution in [1.82, 2.24) is 19.3 Å². The van der Waals surface area contributed by atoms with Crippen LogP contribution in [-0.2, 0) is 6.42 Å². The van der Waals surface area contributed by atoms with Gasteiger partial charge in [0, 0.05) is 72.9 Å². The Morgan fingerprint density at radius 3 is 2.39 bits per heavy atom. The highest BCUT2D eigenvalue weighted by Crippen LogP contribution is 2.30. The Bertz CT molecular complexity index is 1420. The van der Waals surface area contributed by atoms with Gasteiger partial charge in [-0.25, -0.2) is 9.97 Å². The number of imidazole rings is 1. The molecule has 38 heavy (non-hydrogen) atoms. The van der Waals surface area contributed by atoms with Gasteiger partial charge in [-0.15, -0.1) is 0 Å².